The molecule has 0 aromatic rings. The van der Waals surface area contributed by atoms with Gasteiger partial charge in [-0.2, -0.15) is 0 Å². The Morgan fingerprint density at radius 2 is 1.56 bits per heavy atom. The van der Waals surface area contributed by atoms with Crippen molar-refractivity contribution in [1.82, 2.24) is 10.6 Å². The predicted octanol–water partition coefficient (Wildman–Crippen LogP) is 3.56. The van der Waals surface area contributed by atoms with Crippen LogP contribution in [0.15, 0.2) is 0 Å². The van der Waals surface area contributed by atoms with Crippen molar-refractivity contribution < 1.29 is 15.0 Å². The molecule has 0 spiro atoms. The first kappa shape index (κ1) is 24.4. The van der Waals surface area contributed by atoms with Crippen LogP contribution in [-0.2, 0) is 4.79 Å². The standard InChI is InChI=1S/C14H31NO.C6H11NO2/c1-4-5-6-7-8-9-10-11-12-15-13-14(2,3)16;8-6(9)5-1-3-7-4-2-5/h15-16H,4-13H2,1-3H3;5,7H,1-4H2,(H,8,9). The maximum atomic E-state index is 10.3. The molecule has 150 valence electrons. The fourth-order valence-corrected chi connectivity index (χ4v) is 2.85. The van der Waals surface area contributed by atoms with Crippen molar-refractivity contribution in [2.75, 3.05) is 26.2 Å². The van der Waals surface area contributed by atoms with E-state index < -0.39 is 11.6 Å². The average Bonchev–Trinajstić information content (AvgIpc) is 2.57. The molecular formula is C20H42N2O3. The zero-order chi connectivity index (χ0) is 19.0. The van der Waals surface area contributed by atoms with Gasteiger partial charge in [0.25, 0.3) is 0 Å². The number of carbonyl (C=O) groups is 1. The minimum Gasteiger partial charge on any atom is -0.481 e. The molecule has 5 heteroatoms. The van der Waals surface area contributed by atoms with E-state index in [0.717, 1.165) is 32.5 Å². The number of hydrogen-bond acceptors (Lipinski definition) is 4. The molecule has 1 saturated heterocycles. The van der Waals surface area contributed by atoms with Crippen LogP contribution in [0, 0.1) is 5.92 Å². The molecule has 0 aromatic heterocycles. The largest absolute Gasteiger partial charge is 0.481 e. The van der Waals surface area contributed by atoms with Gasteiger partial charge in [0, 0.05) is 6.54 Å². The second-order valence-corrected chi connectivity index (χ2v) is 7.83. The summed E-state index contributed by atoms with van der Waals surface area (Å²) in [6.45, 7) is 9.40. The molecule has 0 bridgehead atoms. The van der Waals surface area contributed by atoms with Crippen molar-refractivity contribution in [3.63, 3.8) is 0 Å². The number of unbranched alkanes of at least 4 members (excludes halogenated alkanes) is 7. The van der Waals surface area contributed by atoms with E-state index in [9.17, 15) is 9.90 Å². The predicted molar refractivity (Wildman–Crippen MR) is 105 cm³/mol. The fraction of sp³-hybridized carbons (Fsp3) is 0.950. The first-order valence-electron chi connectivity index (χ1n) is 10.2. The van der Waals surface area contributed by atoms with Gasteiger partial charge in [-0.3, -0.25) is 4.79 Å². The Kier molecular flexibility index (Phi) is 15.2. The van der Waals surface area contributed by atoms with Crippen LogP contribution in [0.4, 0.5) is 0 Å². The molecule has 1 rings (SSSR count). The van der Waals surface area contributed by atoms with Crippen LogP contribution < -0.4 is 10.6 Å². The van der Waals surface area contributed by atoms with E-state index in [1.165, 1.54) is 51.4 Å². The van der Waals surface area contributed by atoms with Crippen LogP contribution in [0.5, 0.6) is 0 Å². The monoisotopic (exact) mass is 358 g/mol. The van der Waals surface area contributed by atoms with E-state index in [-0.39, 0.29) is 5.92 Å². The number of nitrogens with one attached hydrogen (secondary N) is 2. The number of aliphatic hydroxyl groups is 1. The second-order valence-electron chi connectivity index (χ2n) is 7.83. The first-order chi connectivity index (χ1) is 11.9. The van der Waals surface area contributed by atoms with E-state index >= 15 is 0 Å². The summed E-state index contributed by atoms with van der Waals surface area (Å²) in [5.74, 6) is -0.734. The molecule has 0 saturated carbocycles. The third-order valence-electron chi connectivity index (χ3n) is 4.45. The van der Waals surface area contributed by atoms with Crippen molar-refractivity contribution in [1.29, 1.82) is 0 Å². The fourth-order valence-electron chi connectivity index (χ4n) is 2.85. The van der Waals surface area contributed by atoms with Crippen LogP contribution >= 0.6 is 0 Å². The number of carboxylic acid groups (broad SMARTS) is 1. The molecule has 4 N–H and O–H groups in total. The molecule has 1 heterocycles. The summed E-state index contributed by atoms with van der Waals surface area (Å²) in [4.78, 5) is 10.3. The molecule has 1 aliphatic heterocycles. The molecule has 1 fully saturated rings. The summed E-state index contributed by atoms with van der Waals surface area (Å²) in [6, 6.07) is 0. The third-order valence-corrected chi connectivity index (χ3v) is 4.45. The number of carboxylic acids is 1. The van der Waals surface area contributed by atoms with Crippen LogP contribution in [-0.4, -0.2) is 48.0 Å². The number of aliphatic carboxylic acids is 1. The molecule has 1 aliphatic rings. The highest BCUT2D eigenvalue weighted by atomic mass is 16.4. The Hall–Kier alpha value is -0.650. The van der Waals surface area contributed by atoms with Crippen LogP contribution in [0.2, 0.25) is 0 Å². The third kappa shape index (κ3) is 18.0. The van der Waals surface area contributed by atoms with E-state index in [1.54, 1.807) is 0 Å². The van der Waals surface area contributed by atoms with Gasteiger partial charge < -0.3 is 20.8 Å². The molecule has 0 amide bonds. The first-order valence-corrected chi connectivity index (χ1v) is 10.2. The SMILES string of the molecule is CCCCCCCCCCNCC(C)(C)O.O=C(O)C1CCNCC1. The molecule has 25 heavy (non-hydrogen) atoms. The van der Waals surface area contributed by atoms with Crippen LogP contribution in [0.3, 0.4) is 0 Å². The summed E-state index contributed by atoms with van der Waals surface area (Å²) in [5.41, 5.74) is -0.569. The quantitative estimate of drug-likeness (QED) is 0.401. The van der Waals surface area contributed by atoms with Crippen molar-refractivity contribution in [3.05, 3.63) is 0 Å². The summed E-state index contributed by atoms with van der Waals surface area (Å²) < 4.78 is 0. The molecule has 0 aliphatic carbocycles. The smallest absolute Gasteiger partial charge is 0.306 e. The molecule has 5 nitrogen and oxygen atoms in total. The second kappa shape index (κ2) is 15.6. The van der Waals surface area contributed by atoms with Crippen LogP contribution in [0.25, 0.3) is 0 Å². The highest BCUT2D eigenvalue weighted by molar-refractivity contribution is 5.70. The van der Waals surface area contributed by atoms with E-state index in [1.807, 2.05) is 13.8 Å². The van der Waals surface area contributed by atoms with Gasteiger partial charge in [-0.25, -0.2) is 0 Å². The van der Waals surface area contributed by atoms with Crippen LogP contribution in [0.1, 0.15) is 85.0 Å². The molecule has 0 unspecified atom stereocenters. The zero-order valence-electron chi connectivity index (χ0n) is 16.8. The molecular weight excluding hydrogens is 316 g/mol. The minimum absolute atomic E-state index is 0.0914. The number of rotatable bonds is 12. The maximum Gasteiger partial charge on any atom is 0.306 e. The summed E-state index contributed by atoms with van der Waals surface area (Å²) >= 11 is 0. The van der Waals surface area contributed by atoms with Gasteiger partial charge in [-0.1, -0.05) is 51.9 Å². The zero-order valence-corrected chi connectivity index (χ0v) is 16.8. The van der Waals surface area contributed by atoms with Crippen molar-refractivity contribution in [3.8, 4) is 0 Å². The van der Waals surface area contributed by atoms with Gasteiger partial charge in [0.2, 0.25) is 0 Å². The van der Waals surface area contributed by atoms with E-state index in [4.69, 9.17) is 5.11 Å². The van der Waals surface area contributed by atoms with Gasteiger partial charge >= 0.3 is 5.97 Å². The lowest BCUT2D eigenvalue weighted by atomic mass is 9.99. The Morgan fingerprint density at radius 3 is 2.00 bits per heavy atom. The van der Waals surface area contributed by atoms with E-state index in [2.05, 4.69) is 17.6 Å². The molecule has 0 aromatic carbocycles. The maximum absolute atomic E-state index is 10.3. The average molecular weight is 359 g/mol. The summed E-state index contributed by atoms with van der Waals surface area (Å²) in [5, 5.41) is 24.4. The van der Waals surface area contributed by atoms with Gasteiger partial charge in [-0.15, -0.1) is 0 Å². The number of hydrogen-bond donors (Lipinski definition) is 4. The van der Waals surface area contributed by atoms with Crippen molar-refractivity contribution in [2.24, 2.45) is 5.92 Å². The van der Waals surface area contributed by atoms with Gasteiger partial charge in [0.1, 0.15) is 0 Å². The van der Waals surface area contributed by atoms with Gasteiger partial charge in [0.15, 0.2) is 0 Å². The van der Waals surface area contributed by atoms with E-state index in [0.29, 0.717) is 6.54 Å². The Balaban J connectivity index is 0.000000535. The minimum atomic E-state index is -0.642. The summed E-state index contributed by atoms with van der Waals surface area (Å²) in [6.07, 6.45) is 12.4. The lowest BCUT2D eigenvalue weighted by Crippen LogP contribution is -2.35. The lowest BCUT2D eigenvalue weighted by molar-refractivity contribution is -0.142. The lowest BCUT2D eigenvalue weighted by Gasteiger charge is -2.17. The normalized spacial score (nSPS) is 15.5. The van der Waals surface area contributed by atoms with Gasteiger partial charge in [0.05, 0.1) is 11.5 Å². The van der Waals surface area contributed by atoms with Crippen molar-refractivity contribution in [2.45, 2.75) is 90.6 Å². The Morgan fingerprint density at radius 1 is 1.04 bits per heavy atom. The Labute approximate surface area is 155 Å². The Bertz CT molecular complexity index is 311. The number of piperidine rings is 1. The highest BCUT2D eigenvalue weighted by Crippen LogP contribution is 2.10. The highest BCUT2D eigenvalue weighted by Gasteiger charge is 2.19. The topological polar surface area (TPSA) is 81.6 Å². The van der Waals surface area contributed by atoms with Crippen molar-refractivity contribution >= 4 is 5.97 Å². The van der Waals surface area contributed by atoms with Gasteiger partial charge in [-0.05, 0) is 52.7 Å². The summed E-state index contributed by atoms with van der Waals surface area (Å²) in [7, 11) is 0. The molecule has 0 atom stereocenters. The molecule has 0 radical (unpaired) electrons.